The number of halogens is 2. The second kappa shape index (κ2) is 33.9. The number of carbonyl (C=O) groups is 8. The molecule has 5 aliphatic heterocycles. The number of para-hydroxylation sites is 1. The molecule has 10 unspecified atom stereocenters. The van der Waals surface area contributed by atoms with Gasteiger partial charge in [-0.25, -0.2) is 4.79 Å². The Hall–Kier alpha value is -9.20. The summed E-state index contributed by atoms with van der Waals surface area (Å²) in [6, 6.07) is 5.70. The maximum atomic E-state index is 14.7. The summed E-state index contributed by atoms with van der Waals surface area (Å²) in [4.78, 5) is 111. The molecule has 21 N–H and O–H groups in total. The number of hydrogen-bond acceptors (Lipinski definition) is 25. The Morgan fingerprint density at radius 3 is 1.96 bits per heavy atom. The summed E-state index contributed by atoms with van der Waals surface area (Å²) in [6.07, 6.45) is -17.8. The normalized spacial score (nSPS) is 27.8. The molecule has 8 bridgehead atoms. The number of ether oxygens (including phenoxy) is 6. The molecule has 2 fully saturated rings. The number of aliphatic hydroxyl groups is 6. The second-order valence-electron chi connectivity index (χ2n) is 25.7. The lowest BCUT2D eigenvalue weighted by Gasteiger charge is -2.47. The molecule has 2 saturated heterocycles. The van der Waals surface area contributed by atoms with E-state index in [1.165, 1.54) is 76.5 Å². The van der Waals surface area contributed by atoms with Crippen molar-refractivity contribution in [3.63, 3.8) is 0 Å². The first-order valence-corrected chi connectivity index (χ1v) is 33.1. The molecular formula is C68H83Cl2N9O24. The lowest BCUT2D eigenvalue weighted by atomic mass is 9.86. The van der Waals surface area contributed by atoms with Crippen LogP contribution in [0.3, 0.4) is 0 Å². The number of carbonyl (C=O) groups excluding carboxylic acids is 7. The molecule has 5 aromatic carbocycles. The lowest BCUT2D eigenvalue weighted by Crippen LogP contribution is -2.64. The van der Waals surface area contributed by atoms with E-state index in [0.29, 0.717) is 0 Å². The number of hydrogen-bond donors (Lipinski definition) is 19. The molecular weight excluding hydrogens is 1400 g/mol. The van der Waals surface area contributed by atoms with Crippen molar-refractivity contribution < 1.29 is 118 Å². The van der Waals surface area contributed by atoms with Crippen molar-refractivity contribution in [3.05, 3.63) is 117 Å². The fourth-order valence-corrected chi connectivity index (χ4v) is 12.3. The molecule has 558 valence electrons. The number of rotatable bonds is 14. The number of aliphatic carboxylic acids is 1. The van der Waals surface area contributed by atoms with Gasteiger partial charge in [-0.2, -0.15) is 0 Å². The van der Waals surface area contributed by atoms with Crippen molar-refractivity contribution in [2.24, 2.45) is 17.4 Å². The number of carboxylic acids is 1. The predicted molar refractivity (Wildman–Crippen MR) is 363 cm³/mol. The first-order valence-electron chi connectivity index (χ1n) is 32.4. The zero-order valence-electron chi connectivity index (χ0n) is 56.5. The molecule has 17 atom stereocenters. The summed E-state index contributed by atoms with van der Waals surface area (Å²) in [5.74, 6) is -13.2. The highest BCUT2D eigenvalue weighted by Gasteiger charge is 2.51. The van der Waals surface area contributed by atoms with Crippen molar-refractivity contribution in [2.45, 2.75) is 164 Å². The smallest absolute Gasteiger partial charge is 0.330 e. The Balaban J connectivity index is 1.26. The van der Waals surface area contributed by atoms with Crippen LogP contribution in [0.1, 0.15) is 107 Å². The molecule has 5 heterocycles. The van der Waals surface area contributed by atoms with Crippen molar-refractivity contribution >= 4 is 70.5 Å². The molecule has 5 aliphatic rings. The fourth-order valence-electron chi connectivity index (χ4n) is 11.8. The SMILES string of the molecule is CNC(=O)C1NC(=O)[C@@H](C)NC(=O)[C@H](CC(N)=O)NC(=O)[C@H](NC(=O)[C@@H](CC(C)C)NC)[C@H](O)c2ccc(c(Cl)c2)Oc2cccc(c2OC2OC(CO)C(O)C(O)C2OC2CC(C)(N)C(O)C(C)O2)Oc2ccc(cc2Cl)[C@@H](O)CC(=O)N[C@@H](C(=O)O)c2cc(O)cc(O)c2-c2cc1ccc2O. The Labute approximate surface area is 599 Å². The second-order valence-corrected chi connectivity index (χ2v) is 26.5. The Morgan fingerprint density at radius 1 is 0.748 bits per heavy atom. The maximum absolute atomic E-state index is 14.7. The fraction of sp³-hybridized carbons (Fsp3) is 0.441. The molecule has 0 spiro atoms. The van der Waals surface area contributed by atoms with Crippen LogP contribution in [0.4, 0.5) is 0 Å². The summed E-state index contributed by atoms with van der Waals surface area (Å²) in [5.41, 5.74) is 8.84. The van der Waals surface area contributed by atoms with Crippen LogP contribution in [0.2, 0.25) is 10.0 Å². The minimum atomic E-state index is -2.19. The van der Waals surface area contributed by atoms with E-state index in [1.54, 1.807) is 0 Å². The van der Waals surface area contributed by atoms with E-state index < -0.39 is 210 Å². The van der Waals surface area contributed by atoms with Crippen molar-refractivity contribution in [2.75, 3.05) is 20.7 Å². The number of nitrogens with one attached hydrogen (secondary N) is 7. The van der Waals surface area contributed by atoms with Gasteiger partial charge >= 0.3 is 5.97 Å². The summed E-state index contributed by atoms with van der Waals surface area (Å²) >= 11 is 13.8. The number of phenolic OH excluding ortho intramolecular Hbond substituents is 3. The molecule has 5 aromatic rings. The van der Waals surface area contributed by atoms with E-state index in [9.17, 15) is 89.4 Å². The first kappa shape index (κ1) is 79.5. The monoisotopic (exact) mass is 1480 g/mol. The number of primary amides is 1. The number of fused-ring (bicyclic) bond motifs is 2. The predicted octanol–water partition coefficient (Wildman–Crippen LogP) is 1.08. The summed E-state index contributed by atoms with van der Waals surface area (Å²) in [6.45, 7) is 6.97. The van der Waals surface area contributed by atoms with Gasteiger partial charge in [-0.1, -0.05) is 61.3 Å². The average molecular weight is 1480 g/mol. The van der Waals surface area contributed by atoms with E-state index in [0.717, 1.165) is 43.3 Å². The zero-order chi connectivity index (χ0) is 75.8. The minimum absolute atomic E-state index is 0.0475. The molecule has 33 nitrogen and oxygen atoms in total. The Kier molecular flexibility index (Phi) is 26.2. The number of likely N-dealkylation sites (N-methyl/N-ethyl adjacent to an activating group) is 2. The van der Waals surface area contributed by atoms with Crippen molar-refractivity contribution in [3.8, 4) is 57.1 Å². The number of benzene rings is 5. The maximum Gasteiger partial charge on any atom is 0.330 e. The van der Waals surface area contributed by atoms with Gasteiger partial charge < -0.3 is 128 Å². The van der Waals surface area contributed by atoms with Crippen LogP contribution >= 0.6 is 23.2 Å². The van der Waals surface area contributed by atoms with Gasteiger partial charge in [0.05, 0.1) is 53.8 Å². The molecule has 0 aliphatic carbocycles. The molecule has 7 amide bonds. The molecule has 35 heteroatoms. The van der Waals surface area contributed by atoms with E-state index >= 15 is 0 Å². The first-order chi connectivity index (χ1) is 48.5. The highest BCUT2D eigenvalue weighted by atomic mass is 35.5. The number of nitrogens with two attached hydrogens (primary N) is 2. The standard InChI is InChI=1S/C68H83Cl2N9O24/c1-27(2)17-38(73-6)62(92)79-54-55(87)32-13-16-44(37(70)20-32)100-46-10-8-9-45(58(46)103-67-59(57(89)56(88)47(26-80)101-67)102-50-25-68(5,72)60(90)29(4)98-50)99-43-15-12-30(19-36(43)69)41(83)24-49(86)77-53(66(96)97)35-21-33(81)22-42(84)51(35)34-18-31(11-14-40(34)82)52(64(94)74-7)78-61(91)28(3)75-63(93)39(23-48(71)85)76-65(54)95/h8-16,18-22,27-29,38-39,41,47,50,52-57,59-60,67,73,80-84,87-90H,17,23-26,72H2,1-7H3,(H2,71,85)(H,74,94)(H,75,93)(H,76,95)(H,77,86)(H,78,91)(H,79,92)(H,96,97)/t28-,29?,38-,39+,41+,47?,50?,52?,53-,54-,55-,56?,57?,59?,60?,67?,68?/m1/s1. The number of phenols is 3. The average Bonchev–Trinajstić information content (AvgIpc) is 0.779. The summed E-state index contributed by atoms with van der Waals surface area (Å²) < 4.78 is 37.5. The topological polar surface area (TPSA) is 530 Å². The van der Waals surface area contributed by atoms with Crippen LogP contribution in [-0.4, -0.2) is 198 Å². The molecule has 10 rings (SSSR count). The van der Waals surface area contributed by atoms with Gasteiger partial charge in [0.1, 0.15) is 77.3 Å². The summed E-state index contributed by atoms with van der Waals surface area (Å²) in [5, 5.41) is 129. The van der Waals surface area contributed by atoms with Crippen LogP contribution in [0.25, 0.3) is 11.1 Å². The third-order valence-corrected chi connectivity index (χ3v) is 17.9. The number of carboxylic acid groups (broad SMARTS) is 1. The van der Waals surface area contributed by atoms with E-state index in [-0.39, 0.29) is 68.5 Å². The van der Waals surface area contributed by atoms with Gasteiger partial charge in [0.2, 0.25) is 53.4 Å². The van der Waals surface area contributed by atoms with Gasteiger partial charge in [0.25, 0.3) is 0 Å². The van der Waals surface area contributed by atoms with Crippen LogP contribution in [0.15, 0.2) is 84.9 Å². The number of aromatic hydroxyl groups is 3. The summed E-state index contributed by atoms with van der Waals surface area (Å²) in [7, 11) is 2.67. The van der Waals surface area contributed by atoms with E-state index in [1.807, 2.05) is 13.8 Å². The zero-order valence-corrected chi connectivity index (χ0v) is 58.0. The minimum Gasteiger partial charge on any atom is -0.508 e. The third-order valence-electron chi connectivity index (χ3n) is 17.3. The third kappa shape index (κ3) is 19.0. The highest BCUT2D eigenvalue weighted by molar-refractivity contribution is 6.32. The van der Waals surface area contributed by atoms with Crippen LogP contribution in [0, 0.1) is 5.92 Å². The van der Waals surface area contributed by atoms with E-state index in [4.69, 9.17) is 63.1 Å². The number of amides is 7. The van der Waals surface area contributed by atoms with Gasteiger partial charge in [-0.3, -0.25) is 33.6 Å². The van der Waals surface area contributed by atoms with Crippen LogP contribution < -0.4 is 62.9 Å². The lowest BCUT2D eigenvalue weighted by molar-refractivity contribution is -0.333. The van der Waals surface area contributed by atoms with E-state index in [2.05, 4.69) is 37.2 Å². The Bertz CT molecular complexity index is 3980. The highest BCUT2D eigenvalue weighted by Crippen LogP contribution is 2.48. The van der Waals surface area contributed by atoms with Crippen LogP contribution in [0.5, 0.6) is 46.0 Å². The van der Waals surface area contributed by atoms with Gasteiger partial charge in [-0.15, -0.1) is 0 Å². The van der Waals surface area contributed by atoms with Crippen LogP contribution in [-0.2, 0) is 52.6 Å². The Morgan fingerprint density at radius 2 is 1.38 bits per heavy atom. The number of aliphatic hydroxyl groups excluding tert-OH is 6. The largest absolute Gasteiger partial charge is 0.508 e. The molecule has 0 saturated carbocycles. The van der Waals surface area contributed by atoms with Crippen molar-refractivity contribution in [1.82, 2.24) is 37.2 Å². The van der Waals surface area contributed by atoms with Crippen molar-refractivity contribution in [1.29, 1.82) is 0 Å². The molecule has 0 aromatic heterocycles. The molecule has 0 radical (unpaired) electrons. The van der Waals surface area contributed by atoms with Gasteiger partial charge in [0, 0.05) is 41.8 Å². The quantitative estimate of drug-likeness (QED) is 0.0739. The molecule has 103 heavy (non-hydrogen) atoms. The van der Waals surface area contributed by atoms with Gasteiger partial charge in [-0.05, 0) is 111 Å². The van der Waals surface area contributed by atoms with Gasteiger partial charge in [0.15, 0.2) is 29.9 Å².